The molecule has 3 rings (SSSR count). The number of rotatable bonds is 5. The van der Waals surface area contributed by atoms with Gasteiger partial charge in [-0.3, -0.25) is 0 Å². The summed E-state index contributed by atoms with van der Waals surface area (Å²) in [7, 11) is 0. The molecule has 0 fully saturated rings. The van der Waals surface area contributed by atoms with Crippen molar-refractivity contribution in [2.24, 2.45) is 0 Å². The molecular weight excluding hydrogens is 400 g/mol. The van der Waals surface area contributed by atoms with Gasteiger partial charge in [0.05, 0.1) is 17.2 Å². The van der Waals surface area contributed by atoms with Gasteiger partial charge in [0.25, 0.3) is 0 Å². The van der Waals surface area contributed by atoms with Gasteiger partial charge in [0, 0.05) is 11.3 Å². The Bertz CT molecular complexity index is 998. The number of halogens is 5. The van der Waals surface area contributed by atoms with Crippen molar-refractivity contribution in [1.82, 2.24) is 15.0 Å². The molecule has 0 radical (unpaired) electrons. The maximum Gasteiger partial charge on any atom is 0.416 e. The second-order valence-electron chi connectivity index (χ2n) is 5.53. The smallest absolute Gasteiger partial charge is 0.416 e. The fourth-order valence-corrected chi connectivity index (χ4v) is 2.39. The molecule has 0 aliphatic heterocycles. The van der Waals surface area contributed by atoms with Crippen LogP contribution in [-0.4, -0.2) is 21.6 Å². The van der Waals surface area contributed by atoms with E-state index in [1.54, 1.807) is 6.92 Å². The van der Waals surface area contributed by atoms with Gasteiger partial charge in [-0.25, -0.2) is 4.39 Å². The van der Waals surface area contributed by atoms with E-state index in [1.807, 2.05) is 0 Å². The number of hydrogen-bond acceptors (Lipinski definition) is 5. The van der Waals surface area contributed by atoms with E-state index < -0.39 is 17.6 Å². The Kier molecular flexibility index (Phi) is 5.64. The van der Waals surface area contributed by atoms with Crippen LogP contribution < -0.4 is 10.1 Å². The van der Waals surface area contributed by atoms with E-state index in [0.717, 1.165) is 18.2 Å². The summed E-state index contributed by atoms with van der Waals surface area (Å²) in [5.41, 5.74) is -0.398. The Hall–Kier alpha value is -2.94. The highest BCUT2D eigenvalue weighted by Gasteiger charge is 2.30. The van der Waals surface area contributed by atoms with Gasteiger partial charge >= 0.3 is 12.2 Å². The molecule has 5 nitrogen and oxygen atoms in total. The van der Waals surface area contributed by atoms with Crippen molar-refractivity contribution < 1.29 is 22.3 Å². The van der Waals surface area contributed by atoms with Gasteiger partial charge in [0.1, 0.15) is 5.82 Å². The summed E-state index contributed by atoms with van der Waals surface area (Å²) < 4.78 is 57.7. The average Bonchev–Trinajstić information content (AvgIpc) is 2.63. The van der Waals surface area contributed by atoms with Crippen molar-refractivity contribution in [3.05, 3.63) is 58.9 Å². The van der Waals surface area contributed by atoms with Gasteiger partial charge in [-0.1, -0.05) is 17.7 Å². The number of hydrogen-bond donors (Lipinski definition) is 1. The van der Waals surface area contributed by atoms with Crippen LogP contribution in [0, 0.1) is 5.82 Å². The number of aromatic nitrogens is 3. The van der Waals surface area contributed by atoms with Crippen molar-refractivity contribution in [2.45, 2.75) is 13.1 Å². The molecule has 1 heterocycles. The molecule has 0 atom stereocenters. The minimum Gasteiger partial charge on any atom is -0.464 e. The first kappa shape index (κ1) is 19.8. The molecule has 0 aliphatic carbocycles. The largest absolute Gasteiger partial charge is 0.464 e. The summed E-state index contributed by atoms with van der Waals surface area (Å²) in [5, 5.41) is 2.62. The lowest BCUT2D eigenvalue weighted by Crippen LogP contribution is -2.07. The molecule has 0 saturated carbocycles. The average molecular weight is 413 g/mol. The molecule has 28 heavy (non-hydrogen) atoms. The Morgan fingerprint density at radius 1 is 1.07 bits per heavy atom. The minimum absolute atomic E-state index is 0.0527. The van der Waals surface area contributed by atoms with Crippen LogP contribution in [0.25, 0.3) is 11.4 Å². The lowest BCUT2D eigenvalue weighted by atomic mass is 10.2. The van der Waals surface area contributed by atoms with Crippen LogP contribution in [0.15, 0.2) is 42.5 Å². The number of nitrogens with one attached hydrogen (secondary N) is 1. The molecule has 0 bridgehead atoms. The first-order chi connectivity index (χ1) is 13.3. The highest BCUT2D eigenvalue weighted by molar-refractivity contribution is 6.30. The highest BCUT2D eigenvalue weighted by atomic mass is 35.5. The van der Waals surface area contributed by atoms with Gasteiger partial charge in [-0.05, 0) is 43.3 Å². The molecule has 0 aliphatic rings. The zero-order valence-corrected chi connectivity index (χ0v) is 15.1. The summed E-state index contributed by atoms with van der Waals surface area (Å²) in [6.07, 6.45) is -4.49. The molecule has 146 valence electrons. The van der Waals surface area contributed by atoms with E-state index >= 15 is 0 Å². The lowest BCUT2D eigenvalue weighted by Gasteiger charge is -2.11. The molecule has 2 aromatic carbocycles. The minimum atomic E-state index is -4.49. The normalized spacial score (nSPS) is 11.4. The molecule has 10 heteroatoms. The molecule has 1 N–H and O–H groups in total. The molecule has 1 aromatic heterocycles. The number of anilines is 2. The first-order valence-corrected chi connectivity index (χ1v) is 8.42. The quantitative estimate of drug-likeness (QED) is 0.561. The second-order valence-corrected chi connectivity index (χ2v) is 5.94. The van der Waals surface area contributed by atoms with E-state index in [-0.39, 0.29) is 35.1 Å². The lowest BCUT2D eigenvalue weighted by molar-refractivity contribution is -0.137. The van der Waals surface area contributed by atoms with Gasteiger partial charge in [-0.15, -0.1) is 0 Å². The standard InChI is InChI=1S/C18H13ClF4N4O/c1-2-28-17-26-15(10-6-7-13(19)14(20)8-10)25-16(27-17)24-12-5-3-4-11(9-12)18(21,22)23/h3-9H,2H2,1H3,(H,24,25,26,27). The summed E-state index contributed by atoms with van der Waals surface area (Å²) in [6, 6.07) is 8.49. The third-order valence-electron chi connectivity index (χ3n) is 3.51. The number of benzene rings is 2. The monoisotopic (exact) mass is 412 g/mol. The first-order valence-electron chi connectivity index (χ1n) is 8.05. The van der Waals surface area contributed by atoms with Crippen LogP contribution >= 0.6 is 11.6 Å². The molecule has 3 aromatic rings. The molecular formula is C18H13ClF4N4O. The van der Waals surface area contributed by atoms with Gasteiger partial charge in [0.2, 0.25) is 5.95 Å². The maximum atomic E-state index is 13.8. The van der Waals surface area contributed by atoms with E-state index in [1.165, 1.54) is 24.3 Å². The van der Waals surface area contributed by atoms with Crippen molar-refractivity contribution >= 4 is 23.2 Å². The van der Waals surface area contributed by atoms with Crippen LogP contribution in [0.4, 0.5) is 29.2 Å². The van der Waals surface area contributed by atoms with Crippen LogP contribution in [0.2, 0.25) is 5.02 Å². The molecule has 0 spiro atoms. The number of alkyl halides is 3. The zero-order chi connectivity index (χ0) is 20.3. The third-order valence-corrected chi connectivity index (χ3v) is 3.82. The van der Waals surface area contributed by atoms with Crippen LogP contribution in [0.5, 0.6) is 6.01 Å². The maximum absolute atomic E-state index is 13.8. The summed E-state index contributed by atoms with van der Waals surface area (Å²) >= 11 is 5.68. The van der Waals surface area contributed by atoms with Crippen LogP contribution in [0.3, 0.4) is 0 Å². The molecule has 0 unspecified atom stereocenters. The van der Waals surface area contributed by atoms with Crippen molar-refractivity contribution in [2.75, 3.05) is 11.9 Å². The molecule has 0 saturated heterocycles. The van der Waals surface area contributed by atoms with Gasteiger partial charge < -0.3 is 10.1 Å². The van der Waals surface area contributed by atoms with Gasteiger partial charge in [-0.2, -0.15) is 28.1 Å². The van der Waals surface area contributed by atoms with E-state index in [0.29, 0.717) is 5.56 Å². The van der Waals surface area contributed by atoms with Gasteiger partial charge in [0.15, 0.2) is 5.82 Å². The van der Waals surface area contributed by atoms with E-state index in [4.69, 9.17) is 16.3 Å². The Morgan fingerprint density at radius 2 is 1.86 bits per heavy atom. The van der Waals surface area contributed by atoms with E-state index in [9.17, 15) is 17.6 Å². The van der Waals surface area contributed by atoms with Crippen LogP contribution in [-0.2, 0) is 6.18 Å². The van der Waals surface area contributed by atoms with Crippen molar-refractivity contribution in [3.63, 3.8) is 0 Å². The number of nitrogens with zero attached hydrogens (tertiary/aromatic N) is 3. The Labute approximate surface area is 162 Å². The van der Waals surface area contributed by atoms with Crippen molar-refractivity contribution in [1.29, 1.82) is 0 Å². The fourth-order valence-electron chi connectivity index (χ4n) is 2.27. The second kappa shape index (κ2) is 7.97. The fraction of sp³-hybridized carbons (Fsp3) is 0.167. The van der Waals surface area contributed by atoms with Crippen LogP contribution in [0.1, 0.15) is 12.5 Å². The zero-order valence-electron chi connectivity index (χ0n) is 14.4. The molecule has 0 amide bonds. The SMILES string of the molecule is CCOc1nc(Nc2cccc(C(F)(F)F)c2)nc(-c2ccc(Cl)c(F)c2)n1. The van der Waals surface area contributed by atoms with E-state index in [2.05, 4.69) is 20.3 Å². The summed E-state index contributed by atoms with van der Waals surface area (Å²) in [6.45, 7) is 1.97. The third kappa shape index (κ3) is 4.66. The summed E-state index contributed by atoms with van der Waals surface area (Å²) in [5.74, 6) is -0.642. The Balaban J connectivity index is 1.99. The number of ether oxygens (including phenoxy) is 1. The topological polar surface area (TPSA) is 59.9 Å². The predicted octanol–water partition coefficient (Wildman–Crippen LogP) is 5.49. The predicted molar refractivity (Wildman–Crippen MR) is 96.1 cm³/mol. The Morgan fingerprint density at radius 3 is 2.54 bits per heavy atom. The summed E-state index contributed by atoms with van der Waals surface area (Å²) in [4.78, 5) is 12.2. The highest BCUT2D eigenvalue weighted by Crippen LogP contribution is 2.31. The van der Waals surface area contributed by atoms with Crippen molar-refractivity contribution in [3.8, 4) is 17.4 Å².